The summed E-state index contributed by atoms with van der Waals surface area (Å²) >= 11 is 0. The Balaban J connectivity index is 3.04. The Hall–Kier alpha value is -0.730. The largest absolute Gasteiger partial charge is 0.351 e. The third-order valence-corrected chi connectivity index (χ3v) is 4.72. The monoisotopic (exact) mass is 326 g/mol. The maximum atomic E-state index is 10.8. The third kappa shape index (κ3) is 17.5. The van der Waals surface area contributed by atoms with Crippen LogP contribution in [0, 0.1) is 0 Å². The van der Waals surface area contributed by atoms with Crippen molar-refractivity contribution in [3.63, 3.8) is 0 Å². The smallest absolute Gasteiger partial charge is 0.314 e. The Morgan fingerprint density at radius 1 is 0.652 bits per heavy atom. The lowest BCUT2D eigenvalue weighted by Crippen LogP contribution is -2.32. The number of carbonyl (C=O) groups excluding carboxylic acids is 1. The van der Waals surface area contributed by atoms with Gasteiger partial charge in [0.2, 0.25) is 0 Å². The second-order valence-electron chi connectivity index (χ2n) is 7.06. The molecular weight excluding hydrogens is 284 g/mol. The van der Waals surface area contributed by atoms with Gasteiger partial charge in [0.25, 0.3) is 0 Å². The fraction of sp³-hybridized carbons (Fsp3) is 0.950. The average molecular weight is 327 g/mol. The molecule has 0 saturated carbocycles. The van der Waals surface area contributed by atoms with Gasteiger partial charge in [0, 0.05) is 13.6 Å². The number of unbranched alkanes of at least 4 members (excludes halogenated alkanes) is 15. The second kappa shape index (κ2) is 17.6. The van der Waals surface area contributed by atoms with E-state index in [0.29, 0.717) is 0 Å². The van der Waals surface area contributed by atoms with Gasteiger partial charge in [0.1, 0.15) is 0 Å². The predicted octanol–water partition coefficient (Wildman–Crippen LogP) is 6.26. The van der Waals surface area contributed by atoms with Crippen LogP contribution in [0.3, 0.4) is 0 Å². The SMILES string of the molecule is CCCCCCCCCCCCCCCCCCN(C)C(N)=O. The van der Waals surface area contributed by atoms with Crippen LogP contribution in [0.4, 0.5) is 4.79 Å². The molecule has 23 heavy (non-hydrogen) atoms. The van der Waals surface area contributed by atoms with E-state index in [1.165, 1.54) is 96.3 Å². The van der Waals surface area contributed by atoms with Crippen molar-refractivity contribution in [3.8, 4) is 0 Å². The summed E-state index contributed by atoms with van der Waals surface area (Å²) in [5, 5.41) is 0. The molecule has 0 bridgehead atoms. The van der Waals surface area contributed by atoms with Gasteiger partial charge in [-0.15, -0.1) is 0 Å². The number of primary amides is 1. The topological polar surface area (TPSA) is 46.3 Å². The van der Waals surface area contributed by atoms with Crippen molar-refractivity contribution in [1.82, 2.24) is 4.90 Å². The molecule has 0 aliphatic heterocycles. The lowest BCUT2D eigenvalue weighted by atomic mass is 10.0. The molecule has 0 saturated heterocycles. The maximum absolute atomic E-state index is 10.8. The highest BCUT2D eigenvalue weighted by atomic mass is 16.2. The van der Waals surface area contributed by atoms with Crippen LogP contribution in [-0.4, -0.2) is 24.5 Å². The van der Waals surface area contributed by atoms with E-state index in [1.54, 1.807) is 11.9 Å². The Labute approximate surface area is 145 Å². The van der Waals surface area contributed by atoms with Gasteiger partial charge in [-0.1, -0.05) is 103 Å². The van der Waals surface area contributed by atoms with Crippen molar-refractivity contribution in [2.75, 3.05) is 13.6 Å². The first kappa shape index (κ1) is 22.3. The van der Waals surface area contributed by atoms with Gasteiger partial charge in [-0.2, -0.15) is 0 Å². The number of hydrogen-bond donors (Lipinski definition) is 1. The molecular formula is C20H42N2O. The lowest BCUT2D eigenvalue weighted by Gasteiger charge is -2.13. The molecule has 0 aromatic heterocycles. The van der Waals surface area contributed by atoms with Crippen molar-refractivity contribution < 1.29 is 4.79 Å². The van der Waals surface area contributed by atoms with E-state index < -0.39 is 0 Å². The van der Waals surface area contributed by atoms with Crippen molar-refractivity contribution in [1.29, 1.82) is 0 Å². The second-order valence-corrected chi connectivity index (χ2v) is 7.06. The van der Waals surface area contributed by atoms with Crippen LogP contribution in [0.1, 0.15) is 110 Å². The minimum Gasteiger partial charge on any atom is -0.351 e. The summed E-state index contributed by atoms with van der Waals surface area (Å²) in [6.07, 6.45) is 22.0. The van der Waals surface area contributed by atoms with Crippen LogP contribution >= 0.6 is 0 Å². The number of nitrogens with two attached hydrogens (primary N) is 1. The highest BCUT2D eigenvalue weighted by Gasteiger charge is 2.01. The highest BCUT2D eigenvalue weighted by molar-refractivity contribution is 5.71. The van der Waals surface area contributed by atoms with E-state index in [4.69, 9.17) is 5.73 Å². The normalized spacial score (nSPS) is 10.9. The van der Waals surface area contributed by atoms with Crippen LogP contribution in [0.15, 0.2) is 0 Å². The average Bonchev–Trinajstić information content (AvgIpc) is 2.54. The van der Waals surface area contributed by atoms with Gasteiger partial charge in [-0.3, -0.25) is 0 Å². The molecule has 0 aromatic rings. The number of carbonyl (C=O) groups is 1. The third-order valence-electron chi connectivity index (χ3n) is 4.72. The first-order chi connectivity index (χ1) is 11.2. The molecule has 0 heterocycles. The summed E-state index contributed by atoms with van der Waals surface area (Å²) in [7, 11) is 1.77. The van der Waals surface area contributed by atoms with Crippen LogP contribution in [-0.2, 0) is 0 Å². The zero-order chi connectivity index (χ0) is 17.2. The van der Waals surface area contributed by atoms with E-state index in [0.717, 1.165) is 13.0 Å². The molecule has 0 atom stereocenters. The number of nitrogens with zero attached hydrogens (tertiary/aromatic N) is 1. The molecule has 3 heteroatoms. The molecule has 0 rings (SSSR count). The van der Waals surface area contributed by atoms with E-state index in [1.807, 2.05) is 0 Å². The summed E-state index contributed by atoms with van der Waals surface area (Å²) in [5.74, 6) is 0. The quantitative estimate of drug-likeness (QED) is 0.315. The summed E-state index contributed by atoms with van der Waals surface area (Å²) in [5.41, 5.74) is 5.19. The fourth-order valence-corrected chi connectivity index (χ4v) is 3.01. The molecule has 0 radical (unpaired) electrons. The Morgan fingerprint density at radius 3 is 1.26 bits per heavy atom. The minimum atomic E-state index is -0.314. The first-order valence-electron chi connectivity index (χ1n) is 10.2. The van der Waals surface area contributed by atoms with E-state index in [-0.39, 0.29) is 6.03 Å². The van der Waals surface area contributed by atoms with Gasteiger partial charge in [0.05, 0.1) is 0 Å². The highest BCUT2D eigenvalue weighted by Crippen LogP contribution is 2.13. The lowest BCUT2D eigenvalue weighted by molar-refractivity contribution is 0.217. The molecule has 0 fully saturated rings. The van der Waals surface area contributed by atoms with E-state index >= 15 is 0 Å². The zero-order valence-electron chi connectivity index (χ0n) is 16.0. The Morgan fingerprint density at radius 2 is 0.957 bits per heavy atom. The van der Waals surface area contributed by atoms with Gasteiger partial charge in [-0.25, -0.2) is 4.79 Å². The Kier molecular flexibility index (Phi) is 17.1. The molecule has 0 unspecified atom stereocenters. The van der Waals surface area contributed by atoms with Gasteiger partial charge in [0.15, 0.2) is 0 Å². The molecule has 0 aliphatic carbocycles. The van der Waals surface area contributed by atoms with Gasteiger partial charge in [-0.05, 0) is 6.42 Å². The van der Waals surface area contributed by atoms with Crippen molar-refractivity contribution in [2.45, 2.75) is 110 Å². The minimum absolute atomic E-state index is 0.314. The van der Waals surface area contributed by atoms with Crippen LogP contribution in [0.25, 0.3) is 0 Å². The van der Waals surface area contributed by atoms with Crippen molar-refractivity contribution in [2.24, 2.45) is 5.73 Å². The first-order valence-corrected chi connectivity index (χ1v) is 10.2. The molecule has 0 spiro atoms. The van der Waals surface area contributed by atoms with Crippen LogP contribution < -0.4 is 5.73 Å². The molecule has 2 N–H and O–H groups in total. The van der Waals surface area contributed by atoms with Gasteiger partial charge < -0.3 is 10.6 Å². The van der Waals surface area contributed by atoms with Crippen molar-refractivity contribution >= 4 is 6.03 Å². The molecule has 0 aliphatic rings. The molecule has 0 aromatic carbocycles. The molecule has 138 valence electrons. The summed E-state index contributed by atoms with van der Waals surface area (Å²) in [4.78, 5) is 12.4. The summed E-state index contributed by atoms with van der Waals surface area (Å²) in [6, 6.07) is -0.314. The van der Waals surface area contributed by atoms with Crippen LogP contribution in [0.2, 0.25) is 0 Å². The Bertz CT molecular complexity index is 256. The van der Waals surface area contributed by atoms with Crippen LogP contribution in [0.5, 0.6) is 0 Å². The standard InChI is InChI=1S/C20H42N2O/c1-3-4-5-6-7-8-9-10-11-12-13-14-15-16-17-18-19-22(2)20(21)23/h3-19H2,1-2H3,(H2,21,23). The fourth-order valence-electron chi connectivity index (χ4n) is 3.01. The predicted molar refractivity (Wildman–Crippen MR) is 102 cm³/mol. The number of amides is 2. The summed E-state index contributed by atoms with van der Waals surface area (Å²) < 4.78 is 0. The number of urea groups is 1. The van der Waals surface area contributed by atoms with Gasteiger partial charge >= 0.3 is 6.03 Å². The maximum Gasteiger partial charge on any atom is 0.314 e. The molecule has 3 nitrogen and oxygen atoms in total. The zero-order valence-corrected chi connectivity index (χ0v) is 16.0. The van der Waals surface area contributed by atoms with E-state index in [2.05, 4.69) is 6.92 Å². The number of rotatable bonds is 17. The molecule has 2 amide bonds. The number of hydrogen-bond acceptors (Lipinski definition) is 1. The van der Waals surface area contributed by atoms with Crippen molar-refractivity contribution in [3.05, 3.63) is 0 Å². The summed E-state index contributed by atoms with van der Waals surface area (Å²) in [6.45, 7) is 3.08. The van der Waals surface area contributed by atoms with E-state index in [9.17, 15) is 4.79 Å².